The van der Waals surface area contributed by atoms with E-state index in [1.54, 1.807) is 6.92 Å². The fourth-order valence-electron chi connectivity index (χ4n) is 4.00. The van der Waals surface area contributed by atoms with Crippen molar-refractivity contribution < 1.29 is 9.59 Å². The average Bonchev–Trinajstić information content (AvgIpc) is 2.97. The SMILES string of the molecule is CC(NC(=O)Cc1ccccc1Br)C(=O)N[C@@H]1CN(C)c2ccccc2C(c2ccccc2)=N1. The van der Waals surface area contributed by atoms with Crippen molar-refractivity contribution >= 4 is 39.1 Å². The minimum Gasteiger partial charge on any atom is -0.370 e. The Morgan fingerprint density at radius 3 is 2.47 bits per heavy atom. The van der Waals surface area contributed by atoms with E-state index in [4.69, 9.17) is 4.99 Å². The van der Waals surface area contributed by atoms with Gasteiger partial charge in [0.05, 0.1) is 18.7 Å². The first kappa shape index (κ1) is 23.7. The van der Waals surface area contributed by atoms with Crippen LogP contribution in [0, 0.1) is 0 Å². The second kappa shape index (κ2) is 10.7. The summed E-state index contributed by atoms with van der Waals surface area (Å²) in [5.41, 5.74) is 4.75. The fourth-order valence-corrected chi connectivity index (χ4v) is 4.42. The monoisotopic (exact) mass is 518 g/mol. The largest absolute Gasteiger partial charge is 0.370 e. The van der Waals surface area contributed by atoms with Gasteiger partial charge in [-0.25, -0.2) is 0 Å². The number of benzodiazepines with no additional fused rings is 1. The zero-order valence-electron chi connectivity index (χ0n) is 19.2. The Labute approximate surface area is 208 Å². The Morgan fingerprint density at radius 2 is 1.71 bits per heavy atom. The van der Waals surface area contributed by atoms with Crippen LogP contribution in [0.25, 0.3) is 0 Å². The number of fused-ring (bicyclic) bond motifs is 1. The minimum atomic E-state index is -0.693. The van der Waals surface area contributed by atoms with E-state index < -0.39 is 12.2 Å². The van der Waals surface area contributed by atoms with Crippen LogP contribution in [0.1, 0.15) is 23.6 Å². The van der Waals surface area contributed by atoms with Crippen LogP contribution in [-0.4, -0.2) is 43.3 Å². The maximum Gasteiger partial charge on any atom is 0.243 e. The summed E-state index contributed by atoms with van der Waals surface area (Å²) in [4.78, 5) is 32.5. The number of carbonyl (C=O) groups is 2. The zero-order valence-corrected chi connectivity index (χ0v) is 20.7. The van der Waals surface area contributed by atoms with Crippen LogP contribution in [-0.2, 0) is 16.0 Å². The van der Waals surface area contributed by atoms with E-state index in [9.17, 15) is 9.59 Å². The maximum atomic E-state index is 13.0. The van der Waals surface area contributed by atoms with E-state index in [0.717, 1.165) is 32.6 Å². The molecular weight excluding hydrogens is 492 g/mol. The molecule has 0 spiro atoms. The molecule has 1 aliphatic heterocycles. The number of rotatable bonds is 6. The molecule has 0 bridgehead atoms. The Bertz CT molecular complexity index is 1210. The van der Waals surface area contributed by atoms with Gasteiger partial charge in [0.25, 0.3) is 0 Å². The highest BCUT2D eigenvalue weighted by molar-refractivity contribution is 9.10. The number of likely N-dealkylation sites (N-methyl/N-ethyl adjacent to an activating group) is 1. The molecule has 2 atom stereocenters. The van der Waals surface area contributed by atoms with Crippen LogP contribution in [0.5, 0.6) is 0 Å². The lowest BCUT2D eigenvalue weighted by atomic mass is 10.0. The highest BCUT2D eigenvalue weighted by atomic mass is 79.9. The van der Waals surface area contributed by atoms with Gasteiger partial charge in [-0.1, -0.05) is 82.7 Å². The molecule has 174 valence electrons. The predicted molar refractivity (Wildman–Crippen MR) is 139 cm³/mol. The lowest BCUT2D eigenvalue weighted by Gasteiger charge is -2.24. The third-order valence-corrected chi connectivity index (χ3v) is 6.51. The number of halogens is 1. The van der Waals surface area contributed by atoms with Gasteiger partial charge in [-0.2, -0.15) is 0 Å². The molecule has 2 N–H and O–H groups in total. The Hall–Kier alpha value is -3.45. The number of nitrogens with one attached hydrogen (secondary N) is 2. The summed E-state index contributed by atoms with van der Waals surface area (Å²) in [5, 5.41) is 5.81. The predicted octanol–water partition coefficient (Wildman–Crippen LogP) is 3.93. The Balaban J connectivity index is 1.49. The van der Waals surface area contributed by atoms with Gasteiger partial charge in [0.15, 0.2) is 0 Å². The molecule has 3 aromatic rings. The standard InChI is InChI=1S/C27H27BrN4O2/c1-18(29-25(33)16-20-12-6-8-14-22(20)28)27(34)31-24-17-32(2)23-15-9-7-13-21(23)26(30-24)19-10-4-3-5-11-19/h3-15,18,24H,16-17H2,1-2H3,(H,29,33)(H,31,34)/t18?,24-/m1/s1. The molecule has 0 fully saturated rings. The van der Waals surface area contributed by atoms with Gasteiger partial charge in [-0.05, 0) is 24.6 Å². The molecule has 0 aromatic heterocycles. The number of hydrogen-bond acceptors (Lipinski definition) is 4. The van der Waals surface area contributed by atoms with Gasteiger partial charge in [0.2, 0.25) is 11.8 Å². The zero-order chi connectivity index (χ0) is 24.1. The summed E-state index contributed by atoms with van der Waals surface area (Å²) in [7, 11) is 1.99. The quantitative estimate of drug-likeness (QED) is 0.519. The van der Waals surface area contributed by atoms with Crippen molar-refractivity contribution in [1.29, 1.82) is 0 Å². The molecule has 1 unspecified atom stereocenters. The molecule has 7 heteroatoms. The van der Waals surface area contributed by atoms with Gasteiger partial charge in [-0.3, -0.25) is 14.6 Å². The lowest BCUT2D eigenvalue weighted by molar-refractivity contribution is -0.128. The Kier molecular flexibility index (Phi) is 7.43. The molecule has 1 aliphatic rings. The molecule has 34 heavy (non-hydrogen) atoms. The molecule has 2 amide bonds. The summed E-state index contributed by atoms with van der Waals surface area (Å²) in [6, 6.07) is 24.9. The summed E-state index contributed by atoms with van der Waals surface area (Å²) in [6.45, 7) is 2.20. The molecule has 4 rings (SSSR count). The van der Waals surface area contributed by atoms with Crippen LogP contribution < -0.4 is 15.5 Å². The van der Waals surface area contributed by atoms with E-state index in [1.807, 2.05) is 79.8 Å². The fraction of sp³-hybridized carbons (Fsp3) is 0.222. The summed E-state index contributed by atoms with van der Waals surface area (Å²) in [5.74, 6) is -0.491. The number of amides is 2. The molecule has 0 radical (unpaired) electrons. The average molecular weight is 519 g/mol. The number of benzene rings is 3. The van der Waals surface area contributed by atoms with E-state index in [1.165, 1.54) is 0 Å². The molecular formula is C27H27BrN4O2. The third kappa shape index (κ3) is 5.54. The van der Waals surface area contributed by atoms with Crippen LogP contribution in [0.4, 0.5) is 5.69 Å². The number of para-hydroxylation sites is 1. The molecule has 0 saturated heterocycles. The van der Waals surface area contributed by atoms with Gasteiger partial charge in [0.1, 0.15) is 12.2 Å². The summed E-state index contributed by atoms with van der Waals surface area (Å²) < 4.78 is 0.867. The summed E-state index contributed by atoms with van der Waals surface area (Å²) in [6.07, 6.45) is -0.278. The van der Waals surface area contributed by atoms with Gasteiger partial charge < -0.3 is 15.5 Å². The Morgan fingerprint density at radius 1 is 1.03 bits per heavy atom. The van der Waals surface area contributed by atoms with E-state index in [2.05, 4.69) is 37.5 Å². The number of anilines is 1. The van der Waals surface area contributed by atoms with Crippen LogP contribution in [0.3, 0.4) is 0 Å². The van der Waals surface area contributed by atoms with Gasteiger partial charge in [-0.15, -0.1) is 0 Å². The highest BCUT2D eigenvalue weighted by Gasteiger charge is 2.25. The first-order chi connectivity index (χ1) is 16.4. The number of hydrogen-bond donors (Lipinski definition) is 2. The van der Waals surface area contributed by atoms with Crippen molar-refractivity contribution in [2.75, 3.05) is 18.5 Å². The van der Waals surface area contributed by atoms with Crippen LogP contribution >= 0.6 is 15.9 Å². The first-order valence-electron chi connectivity index (χ1n) is 11.2. The van der Waals surface area contributed by atoms with E-state index >= 15 is 0 Å². The third-order valence-electron chi connectivity index (χ3n) is 5.74. The van der Waals surface area contributed by atoms with Gasteiger partial charge >= 0.3 is 0 Å². The topological polar surface area (TPSA) is 73.8 Å². The van der Waals surface area contributed by atoms with Crippen molar-refractivity contribution in [3.8, 4) is 0 Å². The van der Waals surface area contributed by atoms with E-state index in [-0.39, 0.29) is 18.2 Å². The van der Waals surface area contributed by atoms with Crippen molar-refractivity contribution in [1.82, 2.24) is 10.6 Å². The molecule has 0 saturated carbocycles. The molecule has 6 nitrogen and oxygen atoms in total. The lowest BCUT2D eigenvalue weighted by Crippen LogP contribution is -2.50. The van der Waals surface area contributed by atoms with Crippen LogP contribution in [0.2, 0.25) is 0 Å². The normalized spacial score (nSPS) is 16.0. The van der Waals surface area contributed by atoms with Crippen molar-refractivity contribution in [3.05, 3.63) is 100 Å². The minimum absolute atomic E-state index is 0.191. The molecule has 0 aliphatic carbocycles. The highest BCUT2D eigenvalue weighted by Crippen LogP contribution is 2.26. The number of carbonyl (C=O) groups excluding carboxylic acids is 2. The second-order valence-corrected chi connectivity index (χ2v) is 9.18. The molecule has 3 aromatic carbocycles. The number of aliphatic imine (C=N–C) groups is 1. The first-order valence-corrected chi connectivity index (χ1v) is 12.0. The van der Waals surface area contributed by atoms with Crippen molar-refractivity contribution in [2.45, 2.75) is 25.6 Å². The smallest absolute Gasteiger partial charge is 0.243 e. The maximum absolute atomic E-state index is 13.0. The van der Waals surface area contributed by atoms with Crippen molar-refractivity contribution in [2.24, 2.45) is 4.99 Å². The molecule has 1 heterocycles. The summed E-state index contributed by atoms with van der Waals surface area (Å²) >= 11 is 3.46. The number of nitrogens with zero attached hydrogens (tertiary/aromatic N) is 2. The van der Waals surface area contributed by atoms with E-state index in [0.29, 0.717) is 6.54 Å². The van der Waals surface area contributed by atoms with Gasteiger partial charge in [0, 0.05) is 28.3 Å². The van der Waals surface area contributed by atoms with Crippen LogP contribution in [0.15, 0.2) is 88.3 Å². The van der Waals surface area contributed by atoms with Crippen molar-refractivity contribution in [3.63, 3.8) is 0 Å². The second-order valence-electron chi connectivity index (χ2n) is 8.32.